The zero-order chi connectivity index (χ0) is 41.1. The Balaban J connectivity index is 2.00. The van der Waals surface area contributed by atoms with E-state index in [4.69, 9.17) is 0 Å². The van der Waals surface area contributed by atoms with Crippen molar-refractivity contribution in [3.63, 3.8) is 0 Å². The molecule has 0 aromatic heterocycles. The van der Waals surface area contributed by atoms with E-state index in [9.17, 15) is 53.7 Å². The molecule has 0 saturated carbocycles. The summed E-state index contributed by atoms with van der Waals surface area (Å²) >= 11 is 0. The van der Waals surface area contributed by atoms with Gasteiger partial charge in [0.25, 0.3) is 0 Å². The molecule has 0 spiro atoms. The smallest absolute Gasteiger partial charge is 0.245 e. The number of phenolic OH excluding ortho intramolecular Hbond substituents is 1. The van der Waals surface area contributed by atoms with Crippen molar-refractivity contribution in [2.24, 2.45) is 5.92 Å². The number of hydrogen-bond donors (Lipinski definition) is 10. The second-order valence-corrected chi connectivity index (χ2v) is 14.5. The van der Waals surface area contributed by atoms with Gasteiger partial charge in [0.15, 0.2) is 0 Å². The van der Waals surface area contributed by atoms with Crippen LogP contribution in [0.4, 0.5) is 0 Å². The zero-order valence-electron chi connectivity index (χ0n) is 31.9. The number of amides is 8. The first-order valence-electron chi connectivity index (χ1n) is 18.3. The van der Waals surface area contributed by atoms with Crippen molar-refractivity contribution in [1.29, 1.82) is 0 Å². The van der Waals surface area contributed by atoms with Crippen LogP contribution in [0.2, 0.25) is 0 Å². The number of nitrogens with one attached hydrogen (secondary N) is 7. The maximum absolute atomic E-state index is 13.8. The molecule has 2 saturated heterocycles. The summed E-state index contributed by atoms with van der Waals surface area (Å²) in [6, 6.07) is -3.62. The van der Waals surface area contributed by atoms with E-state index >= 15 is 0 Å². The van der Waals surface area contributed by atoms with Crippen molar-refractivity contribution >= 4 is 47.3 Å². The van der Waals surface area contributed by atoms with E-state index in [0.717, 1.165) is 0 Å². The molecule has 2 heterocycles. The van der Waals surface area contributed by atoms with E-state index in [2.05, 4.69) is 37.2 Å². The van der Waals surface area contributed by atoms with Gasteiger partial charge in [0.1, 0.15) is 48.0 Å². The van der Waals surface area contributed by atoms with E-state index in [1.807, 2.05) is 0 Å². The highest BCUT2D eigenvalue weighted by molar-refractivity contribution is 5.98. The molecule has 0 aliphatic carbocycles. The van der Waals surface area contributed by atoms with E-state index in [1.165, 1.54) is 56.9 Å². The predicted molar refractivity (Wildman–Crippen MR) is 195 cm³/mol. The van der Waals surface area contributed by atoms with Crippen LogP contribution in [0.5, 0.6) is 5.75 Å². The first-order valence-corrected chi connectivity index (χ1v) is 18.3. The Morgan fingerprint density at radius 1 is 0.673 bits per heavy atom. The molecule has 2 aliphatic heterocycles. The summed E-state index contributed by atoms with van der Waals surface area (Å²) in [7, 11) is 0. The predicted octanol–water partition coefficient (Wildman–Crippen LogP) is -3.19. The minimum absolute atomic E-state index is 0.0592. The first-order chi connectivity index (χ1) is 25.8. The second-order valence-electron chi connectivity index (χ2n) is 14.5. The molecule has 1 aromatic rings. The van der Waals surface area contributed by atoms with Crippen LogP contribution in [0.1, 0.15) is 66.4 Å². The van der Waals surface area contributed by atoms with Gasteiger partial charge >= 0.3 is 0 Å². The van der Waals surface area contributed by atoms with Crippen molar-refractivity contribution < 1.29 is 53.7 Å². The number of nitrogens with zero attached hydrogens (tertiary/aromatic N) is 1. The highest BCUT2D eigenvalue weighted by Gasteiger charge is 2.39. The number of carbonyl (C=O) groups is 8. The minimum Gasteiger partial charge on any atom is -0.508 e. The highest BCUT2D eigenvalue weighted by atomic mass is 16.3. The lowest BCUT2D eigenvalue weighted by Crippen LogP contribution is -2.63. The Kier molecular flexibility index (Phi) is 15.9. The van der Waals surface area contributed by atoms with Gasteiger partial charge in [-0.2, -0.15) is 0 Å². The Morgan fingerprint density at radius 3 is 1.82 bits per heavy atom. The molecule has 304 valence electrons. The van der Waals surface area contributed by atoms with Crippen LogP contribution in [0.25, 0.3) is 0 Å². The van der Waals surface area contributed by atoms with Crippen molar-refractivity contribution in [3.8, 4) is 5.75 Å². The summed E-state index contributed by atoms with van der Waals surface area (Å²) in [5.74, 6) is -6.71. The van der Waals surface area contributed by atoms with E-state index in [0.29, 0.717) is 12.0 Å². The number of hydrogen-bond acceptors (Lipinski definition) is 11. The van der Waals surface area contributed by atoms with Gasteiger partial charge in [0, 0.05) is 13.0 Å². The summed E-state index contributed by atoms with van der Waals surface area (Å²) in [6.07, 6.45) is -2.42. The monoisotopic (exact) mass is 774 g/mol. The molecule has 55 heavy (non-hydrogen) atoms. The van der Waals surface area contributed by atoms with Crippen molar-refractivity contribution in [3.05, 3.63) is 29.8 Å². The fourth-order valence-corrected chi connectivity index (χ4v) is 6.22. The standard InChI is InChI=1S/C36H54N8O11/c1-17(2)14-24-31(50)37-16-27(48)38-19(4)36(55)44-13-7-8-26(44)33(52)39-18(3)30(49)42-29(21(6)46)35(54)43-28(20(5)45)34(53)41-25(32(51)40-24)15-22-9-11-23(47)12-10-22/h9-12,17-21,24-26,28-29,45-47H,7-8,13-16H2,1-6H3,(H,37,50)(H,38,48)(H,39,52)(H,40,51)(H,41,53)(H,42,49)(H,43,54). The van der Waals surface area contributed by atoms with Gasteiger partial charge in [-0.1, -0.05) is 26.0 Å². The molecule has 3 rings (SSSR count). The van der Waals surface area contributed by atoms with Gasteiger partial charge in [0.2, 0.25) is 47.3 Å². The Labute approximate surface area is 319 Å². The summed E-state index contributed by atoms with van der Waals surface area (Å²) in [5, 5.41) is 48.1. The molecule has 0 bridgehead atoms. The number of aliphatic hydroxyl groups is 2. The zero-order valence-corrected chi connectivity index (χ0v) is 31.9. The molecular formula is C36H54N8O11. The minimum atomic E-state index is -1.72. The van der Waals surface area contributed by atoms with Crippen molar-refractivity contribution in [1.82, 2.24) is 42.1 Å². The van der Waals surface area contributed by atoms with Gasteiger partial charge in [-0.15, -0.1) is 0 Å². The van der Waals surface area contributed by atoms with Crippen LogP contribution in [0, 0.1) is 5.92 Å². The number of aliphatic hydroxyl groups excluding tert-OH is 2. The van der Waals surface area contributed by atoms with Gasteiger partial charge in [-0.05, 0) is 70.6 Å². The third-order valence-corrected chi connectivity index (χ3v) is 9.24. The molecule has 8 amide bonds. The number of phenols is 1. The number of benzene rings is 1. The molecular weight excluding hydrogens is 720 g/mol. The quantitative estimate of drug-likeness (QED) is 0.138. The number of rotatable bonds is 6. The van der Waals surface area contributed by atoms with Crippen LogP contribution in [-0.2, 0) is 44.8 Å². The largest absolute Gasteiger partial charge is 0.508 e. The summed E-state index contributed by atoms with van der Waals surface area (Å²) in [6.45, 7) is 8.37. The molecule has 0 radical (unpaired) electrons. The molecule has 1 aromatic carbocycles. The fraction of sp³-hybridized carbons (Fsp3) is 0.611. The first kappa shape index (κ1) is 44.1. The molecule has 2 aliphatic rings. The van der Waals surface area contributed by atoms with Crippen molar-refractivity contribution in [2.75, 3.05) is 13.1 Å². The number of carbonyl (C=O) groups excluding carboxylic acids is 8. The van der Waals surface area contributed by atoms with Crippen LogP contribution >= 0.6 is 0 Å². The molecule has 10 N–H and O–H groups in total. The van der Waals surface area contributed by atoms with Crippen LogP contribution in [0.15, 0.2) is 24.3 Å². The average Bonchev–Trinajstić information content (AvgIpc) is 3.61. The SMILES string of the molecule is CC(C)CC1NC(=O)C(Cc2ccc(O)cc2)NC(=O)C(C(C)O)NC(=O)C(C(C)O)NC(=O)C(C)NC(=O)C2CCCN2C(=O)C(C)NC(=O)CNC1=O. The molecule has 9 unspecified atom stereocenters. The second kappa shape index (κ2) is 19.9. The highest BCUT2D eigenvalue weighted by Crippen LogP contribution is 2.19. The van der Waals surface area contributed by atoms with Gasteiger partial charge in [-0.3, -0.25) is 38.4 Å². The Bertz CT molecular complexity index is 1590. The van der Waals surface area contributed by atoms with E-state index < -0.39 is 108 Å². The summed E-state index contributed by atoms with van der Waals surface area (Å²) in [4.78, 5) is 108. The molecule has 2 fully saturated rings. The Hall–Kier alpha value is -5.30. The van der Waals surface area contributed by atoms with Gasteiger partial charge in [0.05, 0.1) is 18.8 Å². The Morgan fingerprint density at radius 2 is 1.24 bits per heavy atom. The van der Waals surface area contributed by atoms with E-state index in [1.54, 1.807) is 13.8 Å². The third-order valence-electron chi connectivity index (χ3n) is 9.24. The lowest BCUT2D eigenvalue weighted by atomic mass is 10.0. The number of aromatic hydroxyl groups is 1. The molecule has 19 nitrogen and oxygen atoms in total. The topological polar surface area (TPSA) is 285 Å². The summed E-state index contributed by atoms with van der Waals surface area (Å²) < 4.78 is 0. The lowest BCUT2D eigenvalue weighted by molar-refractivity contribution is -0.142. The number of fused-ring (bicyclic) bond motifs is 1. The van der Waals surface area contributed by atoms with Crippen LogP contribution in [0.3, 0.4) is 0 Å². The van der Waals surface area contributed by atoms with Gasteiger partial charge < -0.3 is 57.4 Å². The molecule has 9 atom stereocenters. The maximum atomic E-state index is 13.8. The third kappa shape index (κ3) is 12.6. The van der Waals surface area contributed by atoms with Gasteiger partial charge in [-0.25, -0.2) is 0 Å². The lowest BCUT2D eigenvalue weighted by Gasteiger charge is -2.30. The maximum Gasteiger partial charge on any atom is 0.245 e. The molecule has 19 heteroatoms. The summed E-state index contributed by atoms with van der Waals surface area (Å²) in [5.41, 5.74) is 0.479. The van der Waals surface area contributed by atoms with Crippen molar-refractivity contribution in [2.45, 2.75) is 122 Å². The normalized spacial score (nSPS) is 28.3. The fourth-order valence-electron chi connectivity index (χ4n) is 6.22. The van der Waals surface area contributed by atoms with Crippen LogP contribution in [-0.4, -0.2) is 135 Å². The average molecular weight is 775 g/mol. The van der Waals surface area contributed by atoms with E-state index in [-0.39, 0.29) is 37.5 Å². The van der Waals surface area contributed by atoms with Crippen LogP contribution < -0.4 is 37.2 Å².